The Hall–Kier alpha value is -2.44. The number of esters is 1. The van der Waals surface area contributed by atoms with Crippen molar-refractivity contribution in [2.45, 2.75) is 38.1 Å². The van der Waals surface area contributed by atoms with Gasteiger partial charge in [-0.1, -0.05) is 25.0 Å². The molecule has 1 heterocycles. The monoisotopic (exact) mass is 348 g/mol. The maximum atomic E-state index is 13.5. The summed E-state index contributed by atoms with van der Waals surface area (Å²) in [5.74, 6) is -2.29. The van der Waals surface area contributed by atoms with Crippen LogP contribution in [-0.4, -0.2) is 41.9 Å². The fourth-order valence-electron chi connectivity index (χ4n) is 3.46. The van der Waals surface area contributed by atoms with Gasteiger partial charge in [-0.25, -0.2) is 4.39 Å². The number of halogens is 1. The Bertz CT molecular complexity index is 673. The van der Waals surface area contributed by atoms with Gasteiger partial charge in [0.05, 0.1) is 11.6 Å². The molecule has 0 spiro atoms. The first-order valence-corrected chi connectivity index (χ1v) is 8.55. The topological polar surface area (TPSA) is 75.7 Å². The van der Waals surface area contributed by atoms with Gasteiger partial charge in [0, 0.05) is 19.0 Å². The summed E-state index contributed by atoms with van der Waals surface area (Å²) in [7, 11) is 0. The number of carbonyl (C=O) groups is 3. The van der Waals surface area contributed by atoms with E-state index in [1.807, 2.05) is 0 Å². The minimum Gasteiger partial charge on any atom is -0.455 e. The lowest BCUT2D eigenvalue weighted by molar-refractivity contribution is -0.151. The van der Waals surface area contributed by atoms with Crippen LogP contribution in [0.3, 0.4) is 0 Å². The predicted octanol–water partition coefficient (Wildman–Crippen LogP) is 2.10. The maximum absolute atomic E-state index is 13.5. The third-order valence-electron chi connectivity index (χ3n) is 4.75. The highest BCUT2D eigenvalue weighted by molar-refractivity contribution is 5.93. The average molecular weight is 348 g/mol. The number of hydrogen-bond donors (Lipinski definition) is 1. The molecule has 0 aromatic heterocycles. The molecule has 1 saturated carbocycles. The van der Waals surface area contributed by atoms with Gasteiger partial charge in [-0.05, 0) is 25.0 Å². The Morgan fingerprint density at radius 1 is 1.24 bits per heavy atom. The van der Waals surface area contributed by atoms with Crippen molar-refractivity contribution in [3.63, 3.8) is 0 Å². The fraction of sp³-hybridized carbons (Fsp3) is 0.500. The summed E-state index contributed by atoms with van der Waals surface area (Å²) < 4.78 is 18.5. The van der Waals surface area contributed by atoms with Crippen LogP contribution in [0.25, 0.3) is 0 Å². The van der Waals surface area contributed by atoms with Crippen LogP contribution >= 0.6 is 0 Å². The summed E-state index contributed by atoms with van der Waals surface area (Å²) in [6.45, 7) is -0.140. The van der Waals surface area contributed by atoms with Crippen molar-refractivity contribution in [1.29, 1.82) is 0 Å². The quantitative estimate of drug-likeness (QED) is 0.827. The van der Waals surface area contributed by atoms with E-state index in [0.717, 1.165) is 25.7 Å². The largest absolute Gasteiger partial charge is 0.455 e. The van der Waals surface area contributed by atoms with Gasteiger partial charge in [-0.3, -0.25) is 14.4 Å². The third-order valence-corrected chi connectivity index (χ3v) is 4.75. The number of para-hydroxylation sites is 1. The van der Waals surface area contributed by atoms with Crippen LogP contribution in [-0.2, 0) is 19.1 Å². The molecule has 1 aromatic carbocycles. The molecule has 0 bridgehead atoms. The van der Waals surface area contributed by atoms with Crippen molar-refractivity contribution in [2.24, 2.45) is 5.92 Å². The van der Waals surface area contributed by atoms with Crippen molar-refractivity contribution in [2.75, 3.05) is 18.5 Å². The van der Waals surface area contributed by atoms with Crippen LogP contribution in [0.15, 0.2) is 24.3 Å². The summed E-state index contributed by atoms with van der Waals surface area (Å²) in [6.07, 6.45) is 4.32. The number of benzene rings is 1. The Morgan fingerprint density at radius 3 is 2.68 bits per heavy atom. The summed E-state index contributed by atoms with van der Waals surface area (Å²) in [5.41, 5.74) is 0.0343. The molecule has 2 aliphatic rings. The molecule has 1 aliphatic carbocycles. The highest BCUT2D eigenvalue weighted by atomic mass is 19.1. The highest BCUT2D eigenvalue weighted by Crippen LogP contribution is 2.29. The maximum Gasteiger partial charge on any atom is 0.311 e. The van der Waals surface area contributed by atoms with Crippen molar-refractivity contribution in [3.05, 3.63) is 30.1 Å². The SMILES string of the molecule is O=C(COC(=O)[C@H]1CC(=O)N(C2CCCC2)C1)Nc1ccccc1F. The van der Waals surface area contributed by atoms with E-state index >= 15 is 0 Å². The van der Waals surface area contributed by atoms with Crippen LogP contribution in [0.1, 0.15) is 32.1 Å². The van der Waals surface area contributed by atoms with Gasteiger partial charge < -0.3 is 15.0 Å². The zero-order chi connectivity index (χ0) is 17.8. The predicted molar refractivity (Wildman–Crippen MR) is 88.1 cm³/mol. The molecule has 6 nitrogen and oxygen atoms in total. The average Bonchev–Trinajstić information content (AvgIpc) is 3.24. The van der Waals surface area contributed by atoms with E-state index < -0.39 is 30.2 Å². The van der Waals surface area contributed by atoms with Gasteiger partial charge in [0.25, 0.3) is 5.91 Å². The number of nitrogens with one attached hydrogen (secondary N) is 1. The van der Waals surface area contributed by atoms with Crippen LogP contribution in [0.2, 0.25) is 0 Å². The van der Waals surface area contributed by atoms with Gasteiger partial charge in [0.15, 0.2) is 6.61 Å². The second kappa shape index (κ2) is 7.63. The lowest BCUT2D eigenvalue weighted by Crippen LogP contribution is -2.35. The van der Waals surface area contributed by atoms with Crippen LogP contribution in [0.5, 0.6) is 0 Å². The molecule has 1 aliphatic heterocycles. The number of likely N-dealkylation sites (tertiary alicyclic amines) is 1. The minimum atomic E-state index is -0.615. The van der Waals surface area contributed by atoms with Gasteiger partial charge >= 0.3 is 5.97 Å². The normalized spacial score (nSPS) is 20.8. The van der Waals surface area contributed by atoms with Gasteiger partial charge in [0.1, 0.15) is 5.82 Å². The van der Waals surface area contributed by atoms with Crippen molar-refractivity contribution in [3.8, 4) is 0 Å². The molecule has 25 heavy (non-hydrogen) atoms. The summed E-state index contributed by atoms with van der Waals surface area (Å²) in [4.78, 5) is 37.8. The summed E-state index contributed by atoms with van der Waals surface area (Å²) in [5, 5.41) is 2.35. The summed E-state index contributed by atoms with van der Waals surface area (Å²) >= 11 is 0. The van der Waals surface area contributed by atoms with Gasteiger partial charge in [-0.2, -0.15) is 0 Å². The number of hydrogen-bond acceptors (Lipinski definition) is 4. The highest BCUT2D eigenvalue weighted by Gasteiger charge is 2.39. The first-order valence-electron chi connectivity index (χ1n) is 8.55. The van der Waals surface area contributed by atoms with E-state index in [2.05, 4.69) is 5.32 Å². The number of ether oxygens (including phenoxy) is 1. The first-order chi connectivity index (χ1) is 12.0. The third kappa shape index (κ3) is 4.15. The molecular formula is C18H21FN2O4. The fourth-order valence-corrected chi connectivity index (χ4v) is 3.46. The molecule has 2 fully saturated rings. The standard InChI is InChI=1S/C18H21FN2O4/c19-14-7-3-4-8-15(14)20-16(22)11-25-18(24)12-9-17(23)21(10-12)13-5-1-2-6-13/h3-4,7-8,12-13H,1-2,5-6,9-11H2,(H,20,22)/t12-/m0/s1. The van der Waals surface area contributed by atoms with Crippen LogP contribution in [0, 0.1) is 11.7 Å². The van der Waals surface area contributed by atoms with Crippen LogP contribution in [0.4, 0.5) is 10.1 Å². The Labute approximate surface area is 145 Å². The van der Waals surface area contributed by atoms with Crippen molar-refractivity contribution < 1.29 is 23.5 Å². The smallest absolute Gasteiger partial charge is 0.311 e. The number of rotatable bonds is 5. The number of anilines is 1. The second-order valence-corrected chi connectivity index (χ2v) is 6.52. The Balaban J connectivity index is 1.47. The molecule has 2 amide bonds. The zero-order valence-corrected chi connectivity index (χ0v) is 13.9. The van der Waals surface area contributed by atoms with E-state index in [1.165, 1.54) is 18.2 Å². The molecule has 1 aromatic rings. The molecular weight excluding hydrogens is 327 g/mol. The first kappa shape index (κ1) is 17.4. The second-order valence-electron chi connectivity index (χ2n) is 6.52. The number of amides is 2. The van der Waals surface area contributed by atoms with Crippen molar-refractivity contribution >= 4 is 23.5 Å². The van der Waals surface area contributed by atoms with Crippen LogP contribution < -0.4 is 5.32 Å². The molecule has 134 valence electrons. The molecule has 0 radical (unpaired) electrons. The minimum absolute atomic E-state index is 0.0235. The number of nitrogens with zero attached hydrogens (tertiary/aromatic N) is 1. The Morgan fingerprint density at radius 2 is 1.96 bits per heavy atom. The lowest BCUT2D eigenvalue weighted by atomic mass is 10.1. The molecule has 1 N–H and O–H groups in total. The van der Waals surface area contributed by atoms with Gasteiger partial charge in [0.2, 0.25) is 5.91 Å². The van der Waals surface area contributed by atoms with E-state index in [0.29, 0.717) is 6.54 Å². The van der Waals surface area contributed by atoms with E-state index in [-0.39, 0.29) is 24.1 Å². The molecule has 1 saturated heterocycles. The molecule has 1 atom stereocenters. The molecule has 3 rings (SSSR count). The van der Waals surface area contributed by atoms with Crippen molar-refractivity contribution in [1.82, 2.24) is 4.90 Å². The zero-order valence-electron chi connectivity index (χ0n) is 13.9. The summed E-state index contributed by atoms with van der Waals surface area (Å²) in [6, 6.07) is 5.98. The van der Waals surface area contributed by atoms with E-state index in [9.17, 15) is 18.8 Å². The Kier molecular flexibility index (Phi) is 5.31. The van der Waals surface area contributed by atoms with E-state index in [4.69, 9.17) is 4.74 Å². The number of carbonyl (C=O) groups excluding carboxylic acids is 3. The lowest BCUT2D eigenvalue weighted by Gasteiger charge is -2.23. The molecule has 7 heteroatoms. The van der Waals surface area contributed by atoms with E-state index in [1.54, 1.807) is 11.0 Å². The van der Waals surface area contributed by atoms with Gasteiger partial charge in [-0.15, -0.1) is 0 Å². The molecule has 0 unspecified atom stereocenters.